The molecule has 0 spiro atoms. The number of carboxylic acids is 1. The Labute approximate surface area is 561 Å². The predicted molar refractivity (Wildman–Crippen MR) is 387 cm³/mol. The zero-order chi connectivity index (χ0) is 64.7. The molecule has 2 amide bonds. The van der Waals surface area contributed by atoms with E-state index in [4.69, 9.17) is 15.0 Å². The van der Waals surface area contributed by atoms with Gasteiger partial charge < -0.3 is 25.5 Å². The van der Waals surface area contributed by atoms with Crippen LogP contribution in [-0.4, -0.2) is 67.5 Å². The molecule has 0 aliphatic carbocycles. The molecule has 4 atom stereocenters. The molecular weight excluding hydrogens is 1230 g/mol. The second-order valence-corrected chi connectivity index (χ2v) is 29.1. The molecule has 0 bridgehead atoms. The van der Waals surface area contributed by atoms with Crippen molar-refractivity contribution in [3.05, 3.63) is 389 Å². The van der Waals surface area contributed by atoms with Crippen LogP contribution >= 0.6 is 30.0 Å². The van der Waals surface area contributed by atoms with Crippen LogP contribution in [0.1, 0.15) is 56.1 Å². The highest BCUT2D eigenvalue weighted by atomic mass is 32.2. The Kier molecular flexibility index (Phi) is 17.7. The van der Waals surface area contributed by atoms with E-state index in [1.165, 1.54) is 23.1 Å². The standard InChI is InChI=1S/C82H66N5O5PS2/c88-75(84-73-76(89)87-57-80(78(90)91,74(95-77(73)87)71(59-34-12-1-13-35-59)60-36-14-2-15-37-60)58-93(67-50-28-9-29-51-67,68-52-30-10-31-53-68)69-54-32-11-33-55-69)72(86-92-82(64-44-22-6-23-45-64,65-46-24-7-25-47-65)66-48-26-8-27-49-66)70-56-94-79(83-70)85-81(61-38-16-3-17-39-61,62-40-18-4-19-41-62)63-42-20-5-21-43-63/h1-56,58,71,73-74,77H,57H2,(H,83,85)(H,84,88)(H,90,91)/t73?,74?,77-,80?/m1/s1. The third kappa shape index (κ3) is 11.6. The monoisotopic (exact) mass is 1300 g/mol. The van der Waals surface area contributed by atoms with Crippen LogP contribution in [0.25, 0.3) is 0 Å². The molecule has 1 aromatic heterocycles. The number of aromatic nitrogens is 1. The lowest BCUT2D eigenvalue weighted by atomic mass is 9.73. The van der Waals surface area contributed by atoms with Crippen molar-refractivity contribution in [1.82, 2.24) is 15.2 Å². The molecule has 3 N–H and O–H groups in total. The van der Waals surface area contributed by atoms with Crippen molar-refractivity contribution < 1.29 is 24.3 Å². The number of hydrogen-bond donors (Lipinski definition) is 3. The van der Waals surface area contributed by atoms with Crippen LogP contribution in [0.3, 0.4) is 0 Å². The van der Waals surface area contributed by atoms with Gasteiger partial charge in [0.15, 0.2) is 10.8 Å². The van der Waals surface area contributed by atoms with Crippen molar-refractivity contribution in [3.63, 3.8) is 0 Å². The quantitative estimate of drug-likeness (QED) is 0.0213. The molecule has 95 heavy (non-hydrogen) atoms. The maximum atomic E-state index is 16.2. The number of carbonyl (C=O) groups excluding carboxylic acids is 2. The zero-order valence-electron chi connectivity index (χ0n) is 51.6. The summed E-state index contributed by atoms with van der Waals surface area (Å²) in [7, 11) is 0. The van der Waals surface area contributed by atoms with Gasteiger partial charge in [-0.2, -0.15) is 0 Å². The van der Waals surface area contributed by atoms with Crippen LogP contribution in [0.5, 0.6) is 0 Å². The number of nitrogens with one attached hydrogen (secondary N) is 2. The lowest BCUT2D eigenvalue weighted by Crippen LogP contribution is -2.76. The van der Waals surface area contributed by atoms with Gasteiger partial charge in [0.25, 0.3) is 5.91 Å². The first-order chi connectivity index (χ1) is 46.7. The van der Waals surface area contributed by atoms with Crippen molar-refractivity contribution >= 4 is 80.3 Å². The molecule has 0 saturated carbocycles. The van der Waals surface area contributed by atoms with Crippen molar-refractivity contribution in [2.75, 3.05) is 11.9 Å². The van der Waals surface area contributed by atoms with Gasteiger partial charge in [-0.25, -0.2) is 4.98 Å². The highest BCUT2D eigenvalue weighted by Gasteiger charge is 2.63. The summed E-state index contributed by atoms with van der Waals surface area (Å²) in [4.78, 5) is 61.3. The molecule has 3 unspecified atom stereocenters. The molecule has 12 aromatic rings. The number of amides is 2. The fourth-order valence-electron chi connectivity index (χ4n) is 13.8. The van der Waals surface area contributed by atoms with Crippen molar-refractivity contribution in [3.8, 4) is 0 Å². The minimum atomic E-state index is -3.05. The Morgan fingerprint density at radius 3 is 1.27 bits per heavy atom. The van der Waals surface area contributed by atoms with Gasteiger partial charge in [0.05, 0.1) is 0 Å². The minimum absolute atomic E-state index is 0.183. The van der Waals surface area contributed by atoms with E-state index in [0.29, 0.717) is 5.13 Å². The van der Waals surface area contributed by atoms with Gasteiger partial charge >= 0.3 is 5.97 Å². The summed E-state index contributed by atoms with van der Waals surface area (Å²) in [6.07, 6.45) is 0. The summed E-state index contributed by atoms with van der Waals surface area (Å²) in [6.45, 7) is -3.24. The first-order valence-electron chi connectivity index (χ1n) is 31.6. The number of carbonyl (C=O) groups is 3. The maximum Gasteiger partial charge on any atom is 0.316 e. The minimum Gasteiger partial charge on any atom is -0.481 e. The average molecular weight is 1300 g/mol. The van der Waals surface area contributed by atoms with Gasteiger partial charge in [0, 0.05) is 39.8 Å². The molecule has 10 nitrogen and oxygen atoms in total. The molecule has 2 aliphatic rings. The fourth-order valence-corrected chi connectivity index (χ4v) is 20.9. The number of aliphatic carboxylic acids is 1. The molecule has 0 radical (unpaired) electrons. The Balaban J connectivity index is 0.925. The molecule has 2 saturated heterocycles. The molecule has 2 fully saturated rings. The third-order valence-corrected chi connectivity index (χ3v) is 25.0. The summed E-state index contributed by atoms with van der Waals surface area (Å²) in [6, 6.07) is 109. The summed E-state index contributed by atoms with van der Waals surface area (Å²) < 4.78 is 0. The number of nitrogens with zero attached hydrogens (tertiary/aromatic N) is 3. The van der Waals surface area contributed by atoms with E-state index in [1.54, 1.807) is 10.3 Å². The largest absolute Gasteiger partial charge is 0.481 e. The summed E-state index contributed by atoms with van der Waals surface area (Å²) in [5.74, 6) is -0.612. The molecule has 3 heterocycles. The number of oxime groups is 1. The van der Waals surface area contributed by atoms with E-state index in [-0.39, 0.29) is 18.0 Å². The third-order valence-electron chi connectivity index (χ3n) is 18.3. The van der Waals surface area contributed by atoms with Crippen LogP contribution in [0, 0.1) is 5.41 Å². The number of anilines is 1. The van der Waals surface area contributed by atoms with E-state index < -0.39 is 63.8 Å². The molecule has 14 rings (SSSR count). The molecule has 13 heteroatoms. The van der Waals surface area contributed by atoms with Crippen LogP contribution < -0.4 is 26.5 Å². The van der Waals surface area contributed by atoms with Gasteiger partial charge in [-0.15, -0.1) is 23.1 Å². The van der Waals surface area contributed by atoms with Crippen molar-refractivity contribution in [2.45, 2.75) is 33.7 Å². The highest BCUT2D eigenvalue weighted by molar-refractivity contribution is 8.01. The fraction of sp³-hybridized carbons (Fsp3) is 0.0976. The first kappa shape index (κ1) is 61.9. The lowest BCUT2D eigenvalue weighted by Gasteiger charge is -2.58. The number of thioether (sulfide) groups is 1. The van der Waals surface area contributed by atoms with Gasteiger partial charge in [0.2, 0.25) is 11.5 Å². The zero-order valence-corrected chi connectivity index (χ0v) is 54.1. The number of β-lactam (4-membered cyclic amide) rings is 1. The molecule has 2 aliphatic heterocycles. The Morgan fingerprint density at radius 2 is 0.895 bits per heavy atom. The Morgan fingerprint density at radius 1 is 0.537 bits per heavy atom. The topological polar surface area (TPSA) is 133 Å². The second kappa shape index (κ2) is 27.1. The van der Waals surface area contributed by atoms with Crippen molar-refractivity contribution in [2.24, 2.45) is 10.6 Å². The van der Waals surface area contributed by atoms with E-state index in [9.17, 15) is 5.11 Å². The predicted octanol–water partition coefficient (Wildman–Crippen LogP) is 14.7. The van der Waals surface area contributed by atoms with Crippen molar-refractivity contribution in [1.29, 1.82) is 0 Å². The lowest BCUT2D eigenvalue weighted by molar-refractivity contribution is -0.156. The van der Waals surface area contributed by atoms with E-state index in [1.807, 2.05) is 237 Å². The smallest absolute Gasteiger partial charge is 0.316 e. The van der Waals surface area contributed by atoms with Gasteiger partial charge in [0.1, 0.15) is 28.1 Å². The number of fused-ring (bicyclic) bond motifs is 1. The van der Waals surface area contributed by atoms with E-state index in [2.05, 4.69) is 113 Å². The summed E-state index contributed by atoms with van der Waals surface area (Å²) in [5.41, 5.74) is 2.82. The second-order valence-electron chi connectivity index (χ2n) is 23.7. The van der Waals surface area contributed by atoms with Crippen LogP contribution in [0.2, 0.25) is 0 Å². The number of benzene rings is 11. The highest BCUT2D eigenvalue weighted by Crippen LogP contribution is 2.57. The molecule has 11 aromatic carbocycles. The molecule has 466 valence electrons. The van der Waals surface area contributed by atoms with Crippen LogP contribution in [0.15, 0.2) is 344 Å². The first-order valence-corrected chi connectivity index (χ1v) is 35.3. The number of carboxylic acid groups (broad SMARTS) is 1. The molecular formula is C82H66N5O5PS2. The van der Waals surface area contributed by atoms with E-state index >= 15 is 14.4 Å². The number of thiazole rings is 1. The Hall–Kier alpha value is -10.6. The Bertz CT molecular complexity index is 4350. The van der Waals surface area contributed by atoms with E-state index in [0.717, 1.165) is 60.4 Å². The summed E-state index contributed by atoms with van der Waals surface area (Å²) >= 11 is 2.73. The van der Waals surface area contributed by atoms with Crippen LogP contribution in [0.4, 0.5) is 5.13 Å². The normalized spacial score (nSPS) is 17.2. The number of rotatable bonds is 21. The number of hydrogen-bond acceptors (Lipinski definition) is 9. The SMILES string of the molecule is O=C(NC1C(=O)N2CC(C=P(c3ccccc3)(c3ccccc3)c3ccccc3)(C(=O)O)C(C(c3ccccc3)c3ccccc3)S[C@H]12)C(=NOC(c1ccccc1)(c1ccccc1)c1ccccc1)c1csc(NC(c2ccccc2)(c2ccccc2)c2ccccc2)n1. The summed E-state index contributed by atoms with van der Waals surface area (Å²) in [5, 5.41) is 28.4. The van der Waals surface area contributed by atoms with Gasteiger partial charge in [-0.05, 0) is 50.6 Å². The van der Waals surface area contributed by atoms with Crippen LogP contribution in [-0.2, 0) is 30.4 Å². The van der Waals surface area contributed by atoms with Gasteiger partial charge in [-0.1, -0.05) is 345 Å². The average Bonchev–Trinajstić information content (AvgIpc) is 1.02. The maximum absolute atomic E-state index is 16.2. The van der Waals surface area contributed by atoms with Gasteiger partial charge in [-0.3, -0.25) is 14.4 Å².